The molecule has 5 atom stereocenters. The Morgan fingerprint density at radius 2 is 2.13 bits per heavy atom. The normalized spacial score (nSPS) is 42.3. The summed E-state index contributed by atoms with van der Waals surface area (Å²) in [6.45, 7) is 5.84. The average molecular weight is 317 g/mol. The van der Waals surface area contributed by atoms with E-state index in [0.717, 1.165) is 45.8 Å². The second kappa shape index (κ2) is 6.48. The molecular formula is C16H27N7. The molecule has 0 amide bonds. The van der Waals surface area contributed by atoms with Gasteiger partial charge in [-0.3, -0.25) is 25.8 Å². The maximum absolute atomic E-state index is 9.45. The number of likely N-dealkylation sites (N-methyl/N-ethyl adjacent to an activating group) is 1. The Morgan fingerprint density at radius 1 is 1.22 bits per heavy atom. The molecule has 0 aromatic rings. The molecule has 23 heavy (non-hydrogen) atoms. The summed E-state index contributed by atoms with van der Waals surface area (Å²) < 4.78 is 0. The van der Waals surface area contributed by atoms with E-state index in [2.05, 4.69) is 50.3 Å². The number of hydrogen-bond donors (Lipinski definition) is 4. The number of nitrogens with one attached hydrogen (secondary N) is 4. The molecular weight excluding hydrogens is 290 g/mol. The van der Waals surface area contributed by atoms with Crippen LogP contribution < -0.4 is 21.3 Å². The maximum atomic E-state index is 9.45. The van der Waals surface area contributed by atoms with Crippen molar-refractivity contribution < 1.29 is 0 Å². The van der Waals surface area contributed by atoms with Crippen molar-refractivity contribution in [2.45, 2.75) is 24.9 Å². The molecule has 4 heterocycles. The molecule has 4 aliphatic heterocycles. The van der Waals surface area contributed by atoms with E-state index >= 15 is 0 Å². The molecule has 7 heteroatoms. The van der Waals surface area contributed by atoms with Gasteiger partial charge in [-0.2, -0.15) is 5.26 Å². The molecule has 0 aromatic carbocycles. The number of hydrogen-bond acceptors (Lipinski definition) is 7. The van der Waals surface area contributed by atoms with E-state index in [1.807, 2.05) is 0 Å². The molecule has 0 spiro atoms. The SMILES string of the molecule is CN1CCNC1C1=CCN(C2NCNC3NCC(C#N)C32)CC1. The van der Waals surface area contributed by atoms with Gasteiger partial charge in [-0.15, -0.1) is 0 Å². The van der Waals surface area contributed by atoms with Gasteiger partial charge in [-0.25, -0.2) is 0 Å². The van der Waals surface area contributed by atoms with E-state index in [-0.39, 0.29) is 18.2 Å². The van der Waals surface area contributed by atoms with Crippen molar-refractivity contribution >= 4 is 0 Å². The molecule has 0 aliphatic carbocycles. The van der Waals surface area contributed by atoms with Crippen LogP contribution in [0.2, 0.25) is 0 Å². The van der Waals surface area contributed by atoms with Gasteiger partial charge < -0.3 is 5.32 Å². The number of nitriles is 1. The zero-order valence-electron chi connectivity index (χ0n) is 13.8. The molecule has 3 fully saturated rings. The Labute approximate surface area is 138 Å². The highest BCUT2D eigenvalue weighted by atomic mass is 15.4. The monoisotopic (exact) mass is 317 g/mol. The third-order valence-corrected chi connectivity index (χ3v) is 5.83. The van der Waals surface area contributed by atoms with Crippen molar-refractivity contribution in [3.63, 3.8) is 0 Å². The number of nitrogens with zero attached hydrogens (tertiary/aromatic N) is 3. The molecule has 0 radical (unpaired) electrons. The lowest BCUT2D eigenvalue weighted by Gasteiger charge is -2.44. The predicted octanol–water partition coefficient (Wildman–Crippen LogP) is -1.36. The minimum Gasteiger partial charge on any atom is -0.300 e. The molecule has 4 N–H and O–H groups in total. The molecule has 126 valence electrons. The minimum atomic E-state index is 0.0818. The third kappa shape index (κ3) is 2.80. The van der Waals surface area contributed by atoms with E-state index in [1.54, 1.807) is 0 Å². The zero-order chi connectivity index (χ0) is 15.8. The highest BCUT2D eigenvalue weighted by Crippen LogP contribution is 2.30. The van der Waals surface area contributed by atoms with E-state index in [4.69, 9.17) is 0 Å². The summed E-state index contributed by atoms with van der Waals surface area (Å²) >= 11 is 0. The number of rotatable bonds is 2. The topological polar surface area (TPSA) is 78.4 Å². The highest BCUT2D eigenvalue weighted by Gasteiger charge is 2.45. The molecule has 3 saturated heterocycles. The van der Waals surface area contributed by atoms with Gasteiger partial charge in [0.2, 0.25) is 0 Å². The van der Waals surface area contributed by atoms with Crippen LogP contribution >= 0.6 is 0 Å². The van der Waals surface area contributed by atoms with Crippen molar-refractivity contribution in [2.24, 2.45) is 11.8 Å². The van der Waals surface area contributed by atoms with Crippen molar-refractivity contribution in [1.29, 1.82) is 5.26 Å². The molecule has 0 aromatic heterocycles. The van der Waals surface area contributed by atoms with Crippen LogP contribution in [0.25, 0.3) is 0 Å². The van der Waals surface area contributed by atoms with Crippen LogP contribution in [0, 0.1) is 23.2 Å². The van der Waals surface area contributed by atoms with Crippen LogP contribution in [0.3, 0.4) is 0 Å². The van der Waals surface area contributed by atoms with Crippen LogP contribution in [0.5, 0.6) is 0 Å². The third-order valence-electron chi connectivity index (χ3n) is 5.83. The van der Waals surface area contributed by atoms with Crippen LogP contribution in [0.1, 0.15) is 6.42 Å². The summed E-state index contributed by atoms with van der Waals surface area (Å²) in [6.07, 6.45) is 4.47. The first kappa shape index (κ1) is 15.5. The van der Waals surface area contributed by atoms with Gasteiger partial charge in [0.1, 0.15) is 0 Å². The molecule has 7 nitrogen and oxygen atoms in total. The first-order chi connectivity index (χ1) is 11.3. The summed E-state index contributed by atoms with van der Waals surface area (Å²) in [5.74, 6) is 0.397. The maximum Gasteiger partial charge on any atom is 0.0819 e. The first-order valence-electron chi connectivity index (χ1n) is 8.74. The Morgan fingerprint density at radius 3 is 2.83 bits per heavy atom. The molecule has 4 aliphatic rings. The summed E-state index contributed by atoms with van der Waals surface area (Å²) in [6, 6.07) is 2.49. The van der Waals surface area contributed by atoms with Crippen molar-refractivity contribution in [2.75, 3.05) is 46.4 Å². The van der Waals surface area contributed by atoms with Crippen molar-refractivity contribution in [1.82, 2.24) is 31.1 Å². The van der Waals surface area contributed by atoms with E-state index < -0.39 is 0 Å². The fraction of sp³-hybridized carbons (Fsp3) is 0.812. The van der Waals surface area contributed by atoms with Crippen LogP contribution in [0.15, 0.2) is 11.6 Å². The first-order valence-corrected chi connectivity index (χ1v) is 8.74. The van der Waals surface area contributed by atoms with Gasteiger partial charge >= 0.3 is 0 Å². The Balaban J connectivity index is 1.45. The van der Waals surface area contributed by atoms with Gasteiger partial charge in [0.25, 0.3) is 0 Å². The quantitative estimate of drug-likeness (QED) is 0.469. The Bertz CT molecular complexity index is 513. The smallest absolute Gasteiger partial charge is 0.0819 e. The average Bonchev–Trinajstić information content (AvgIpc) is 3.20. The van der Waals surface area contributed by atoms with E-state index in [9.17, 15) is 5.26 Å². The molecule has 0 bridgehead atoms. The highest BCUT2D eigenvalue weighted by molar-refractivity contribution is 5.17. The zero-order valence-corrected chi connectivity index (χ0v) is 13.8. The van der Waals surface area contributed by atoms with Gasteiger partial charge in [-0.05, 0) is 19.0 Å². The van der Waals surface area contributed by atoms with Crippen molar-refractivity contribution in [3.05, 3.63) is 11.6 Å². The Hall–Kier alpha value is -1.01. The number of fused-ring (bicyclic) bond motifs is 1. The summed E-state index contributed by atoms with van der Waals surface area (Å²) in [5.41, 5.74) is 1.52. The lowest BCUT2D eigenvalue weighted by molar-refractivity contribution is 0.0629. The molecule has 0 saturated carbocycles. The second-order valence-corrected chi connectivity index (χ2v) is 7.09. The fourth-order valence-electron chi connectivity index (χ4n) is 4.56. The summed E-state index contributed by atoms with van der Waals surface area (Å²) in [7, 11) is 2.19. The van der Waals surface area contributed by atoms with Gasteiger partial charge in [0.05, 0.1) is 30.5 Å². The van der Waals surface area contributed by atoms with Crippen LogP contribution in [-0.4, -0.2) is 74.7 Å². The van der Waals surface area contributed by atoms with Gasteiger partial charge in [0.15, 0.2) is 0 Å². The van der Waals surface area contributed by atoms with E-state index in [1.165, 1.54) is 5.57 Å². The minimum absolute atomic E-state index is 0.0818. The molecule has 4 rings (SSSR count). The fourth-order valence-corrected chi connectivity index (χ4v) is 4.56. The summed E-state index contributed by atoms with van der Waals surface area (Å²) in [4.78, 5) is 4.90. The standard InChI is InChI=1S/C16H27N7/c1-22-7-4-18-15(22)11-2-5-23(6-3-11)16-13-12(8-17)9-19-14(13)20-10-21-16/h2,12-16,18-21H,3-7,9-10H2,1H3. The largest absolute Gasteiger partial charge is 0.300 e. The van der Waals surface area contributed by atoms with E-state index in [0.29, 0.717) is 12.1 Å². The lowest BCUT2D eigenvalue weighted by Crippen LogP contribution is -2.65. The summed E-state index contributed by atoms with van der Waals surface area (Å²) in [5, 5.41) is 23.5. The van der Waals surface area contributed by atoms with Crippen LogP contribution in [-0.2, 0) is 0 Å². The van der Waals surface area contributed by atoms with Crippen LogP contribution in [0.4, 0.5) is 0 Å². The second-order valence-electron chi connectivity index (χ2n) is 7.09. The molecule has 5 unspecified atom stereocenters. The predicted molar refractivity (Wildman–Crippen MR) is 88.0 cm³/mol. The van der Waals surface area contributed by atoms with Crippen molar-refractivity contribution in [3.8, 4) is 6.07 Å². The van der Waals surface area contributed by atoms with Gasteiger partial charge in [0, 0.05) is 45.3 Å². The lowest BCUT2D eigenvalue weighted by atomic mass is 9.89. The van der Waals surface area contributed by atoms with Gasteiger partial charge in [-0.1, -0.05) is 6.08 Å². The Kier molecular flexibility index (Phi) is 4.37.